The Balaban J connectivity index is 0.961. The Hall–Kier alpha value is -8.06. The molecular weight excluding hydrogens is 781 g/mol. The minimum atomic E-state index is -0.135. The van der Waals surface area contributed by atoms with Crippen LogP contribution >= 0.6 is 0 Å². The van der Waals surface area contributed by atoms with Crippen molar-refractivity contribution >= 4 is 55.0 Å². The number of rotatable bonds is 6. The van der Waals surface area contributed by atoms with Crippen LogP contribution in [0.15, 0.2) is 229 Å². The molecule has 13 rings (SSSR count). The van der Waals surface area contributed by atoms with Gasteiger partial charge in [0, 0.05) is 56.6 Å². The topological polar surface area (TPSA) is 58.0 Å². The highest BCUT2D eigenvalue weighted by molar-refractivity contribution is 6.10. The lowest BCUT2D eigenvalue weighted by atomic mass is 9.89. The van der Waals surface area contributed by atoms with E-state index in [4.69, 9.17) is 0 Å². The number of hydrogen-bond donors (Lipinski definition) is 4. The maximum atomic E-state index is 4.04. The minimum Gasteiger partial charge on any atom is -0.382 e. The molecule has 2 aromatic heterocycles. The van der Waals surface area contributed by atoms with Crippen molar-refractivity contribution in [2.24, 2.45) is 0 Å². The summed E-state index contributed by atoms with van der Waals surface area (Å²) in [6.45, 7) is 0.847. The van der Waals surface area contributed by atoms with E-state index in [1.165, 1.54) is 71.6 Å². The second kappa shape index (κ2) is 14.8. The van der Waals surface area contributed by atoms with Crippen LogP contribution in [0.4, 0.5) is 0 Å². The number of aromatic nitrogens is 2. The number of hydrogen-bond acceptors (Lipinski definition) is 4. The van der Waals surface area contributed by atoms with Gasteiger partial charge in [0.25, 0.3) is 0 Å². The maximum absolute atomic E-state index is 4.04. The Kier molecular flexibility index (Phi) is 8.46. The van der Waals surface area contributed by atoms with E-state index in [-0.39, 0.29) is 18.2 Å². The lowest BCUT2D eigenvalue weighted by molar-refractivity contribution is 0.442. The summed E-state index contributed by atoms with van der Waals surface area (Å²) in [5.41, 5.74) is 17.6. The van der Waals surface area contributed by atoms with E-state index in [0.717, 1.165) is 40.4 Å². The second-order valence-electron chi connectivity index (χ2n) is 17.1. The molecule has 9 aromatic rings. The van der Waals surface area contributed by atoms with Crippen molar-refractivity contribution in [2.45, 2.75) is 18.2 Å². The third kappa shape index (κ3) is 5.98. The van der Waals surface area contributed by atoms with Crippen molar-refractivity contribution in [3.8, 4) is 11.4 Å². The molecule has 3 unspecified atom stereocenters. The van der Waals surface area contributed by atoms with Gasteiger partial charge in [0.2, 0.25) is 0 Å². The third-order valence-corrected chi connectivity index (χ3v) is 13.4. The van der Waals surface area contributed by atoms with E-state index in [0.29, 0.717) is 0 Å². The number of allylic oxidation sites excluding steroid dienone is 5. The largest absolute Gasteiger partial charge is 0.382 e. The molecule has 4 aliphatic rings. The summed E-state index contributed by atoms with van der Waals surface area (Å²) in [4.78, 5) is 0. The fourth-order valence-electron chi connectivity index (χ4n) is 10.4. The van der Waals surface area contributed by atoms with Crippen LogP contribution in [0.2, 0.25) is 0 Å². The molecule has 5 heterocycles. The third-order valence-electron chi connectivity index (χ3n) is 13.4. The lowest BCUT2D eigenvalue weighted by Gasteiger charge is -2.34. The monoisotopic (exact) mass is 824 g/mol. The summed E-state index contributed by atoms with van der Waals surface area (Å²) < 4.78 is 4.89. The van der Waals surface area contributed by atoms with Gasteiger partial charge in [-0.2, -0.15) is 0 Å². The Morgan fingerprint density at radius 3 is 1.61 bits per heavy atom. The van der Waals surface area contributed by atoms with E-state index in [9.17, 15) is 0 Å². The highest BCUT2D eigenvalue weighted by atomic mass is 15.2. The Morgan fingerprint density at radius 2 is 1.02 bits per heavy atom. The first-order valence-corrected chi connectivity index (χ1v) is 22.3. The summed E-state index contributed by atoms with van der Waals surface area (Å²) in [6, 6.07) is 62.0. The molecule has 3 aliphatic heterocycles. The zero-order valence-electron chi connectivity index (χ0n) is 35.0. The van der Waals surface area contributed by atoms with Gasteiger partial charge in [-0.3, -0.25) is 5.32 Å². The van der Waals surface area contributed by atoms with Gasteiger partial charge in [-0.25, -0.2) is 0 Å². The second-order valence-corrected chi connectivity index (χ2v) is 17.1. The SMILES string of the molecule is C1=CC2=C(NC1)C1NC(c3ccc(C4=CC(c5cc(-n6c7ccccc7c7ccccc76)cc(-n6c7ccccc7c7ccccc76)c5)NC(c5ccccc5)N4)cc3)=CC=C1C=C2. The van der Waals surface area contributed by atoms with Gasteiger partial charge >= 0.3 is 0 Å². The van der Waals surface area contributed by atoms with Gasteiger partial charge < -0.3 is 25.1 Å². The van der Waals surface area contributed by atoms with Gasteiger partial charge in [-0.05, 0) is 88.0 Å². The van der Waals surface area contributed by atoms with Gasteiger partial charge in [0.15, 0.2) is 0 Å². The molecule has 0 bridgehead atoms. The summed E-state index contributed by atoms with van der Waals surface area (Å²) >= 11 is 0. The van der Waals surface area contributed by atoms with Crippen molar-refractivity contribution in [1.29, 1.82) is 0 Å². The van der Waals surface area contributed by atoms with E-state index in [2.05, 4.69) is 243 Å². The van der Waals surface area contributed by atoms with Crippen LogP contribution in [-0.4, -0.2) is 21.7 Å². The number of fused-ring (bicyclic) bond motifs is 8. The molecule has 64 heavy (non-hydrogen) atoms. The number of para-hydroxylation sites is 4. The maximum Gasteiger partial charge on any atom is 0.104 e. The molecule has 3 atom stereocenters. The van der Waals surface area contributed by atoms with Crippen molar-refractivity contribution in [3.63, 3.8) is 0 Å². The molecule has 0 radical (unpaired) electrons. The van der Waals surface area contributed by atoms with Crippen LogP contribution in [0.25, 0.3) is 66.4 Å². The van der Waals surface area contributed by atoms with E-state index in [1.807, 2.05) is 0 Å². The number of nitrogens with zero attached hydrogens (tertiary/aromatic N) is 2. The van der Waals surface area contributed by atoms with E-state index in [1.54, 1.807) is 0 Å². The highest BCUT2D eigenvalue weighted by Crippen LogP contribution is 2.39. The van der Waals surface area contributed by atoms with Crippen molar-refractivity contribution < 1.29 is 0 Å². The highest BCUT2D eigenvalue weighted by Gasteiger charge is 2.29. The molecule has 7 aromatic carbocycles. The fraction of sp³-hybridized carbons (Fsp3) is 0.0690. The van der Waals surface area contributed by atoms with E-state index >= 15 is 0 Å². The zero-order valence-corrected chi connectivity index (χ0v) is 35.0. The van der Waals surface area contributed by atoms with Crippen molar-refractivity contribution in [1.82, 2.24) is 30.4 Å². The van der Waals surface area contributed by atoms with Crippen molar-refractivity contribution in [3.05, 3.63) is 251 Å². The quantitative estimate of drug-likeness (QED) is 0.135. The predicted octanol–water partition coefficient (Wildman–Crippen LogP) is 12.1. The lowest BCUT2D eigenvalue weighted by Crippen LogP contribution is -2.41. The molecule has 306 valence electrons. The Labute approximate surface area is 371 Å². The Bertz CT molecular complexity index is 3300. The zero-order chi connectivity index (χ0) is 42.1. The molecular formula is C58H44N6. The summed E-state index contributed by atoms with van der Waals surface area (Å²) in [6.07, 6.45) is 15.5. The number of nitrogens with one attached hydrogen (secondary N) is 4. The number of benzene rings is 7. The van der Waals surface area contributed by atoms with Crippen LogP contribution < -0.4 is 21.3 Å². The molecule has 6 nitrogen and oxygen atoms in total. The average Bonchev–Trinajstić information content (AvgIpc) is 3.89. The molecule has 0 fully saturated rings. The van der Waals surface area contributed by atoms with Gasteiger partial charge in [-0.15, -0.1) is 0 Å². The number of dihydropyridines is 2. The first-order valence-electron chi connectivity index (χ1n) is 22.3. The van der Waals surface area contributed by atoms with Crippen molar-refractivity contribution in [2.75, 3.05) is 6.54 Å². The van der Waals surface area contributed by atoms with Crippen LogP contribution in [0.1, 0.15) is 34.5 Å². The minimum absolute atomic E-state index is 0.108. The van der Waals surface area contributed by atoms with Crippen LogP contribution in [0.5, 0.6) is 0 Å². The molecule has 0 amide bonds. The molecule has 0 saturated heterocycles. The first-order chi connectivity index (χ1) is 31.7. The first kappa shape index (κ1) is 36.6. The fourth-order valence-corrected chi connectivity index (χ4v) is 10.4. The van der Waals surface area contributed by atoms with Gasteiger partial charge in [0.05, 0.1) is 34.2 Å². The predicted molar refractivity (Wildman–Crippen MR) is 264 cm³/mol. The normalized spacial score (nSPS) is 19.1. The van der Waals surface area contributed by atoms with Gasteiger partial charge in [-0.1, -0.05) is 158 Å². The smallest absolute Gasteiger partial charge is 0.104 e. The van der Waals surface area contributed by atoms with Gasteiger partial charge in [0.1, 0.15) is 6.17 Å². The summed E-state index contributed by atoms with van der Waals surface area (Å²) in [5, 5.41) is 20.4. The Morgan fingerprint density at radius 1 is 0.469 bits per heavy atom. The standard InChI is InChI=1S/C58H44N6/c1-2-13-41(14-3-1)58-61-50(38-26-24-37(25-27-38)49-31-30-40-29-28-39-15-12-32-59-56(39)57(40)60-49)36-51(62-58)42-33-43(63-52-20-8-4-16-45(52)46-17-5-9-21-53(46)63)35-44(34-42)64-54-22-10-6-18-47(54)48-19-7-11-23-55(48)64/h1-31,33-36,51,57-62H,32H2. The van der Waals surface area contributed by atoms with E-state index < -0.39 is 0 Å². The van der Waals surface area contributed by atoms with Crippen LogP contribution in [-0.2, 0) is 0 Å². The summed E-state index contributed by atoms with van der Waals surface area (Å²) in [5.74, 6) is 0. The summed E-state index contributed by atoms with van der Waals surface area (Å²) in [7, 11) is 0. The average molecular weight is 825 g/mol. The molecule has 6 heteroatoms. The molecule has 1 aliphatic carbocycles. The van der Waals surface area contributed by atoms with Crippen LogP contribution in [0, 0.1) is 0 Å². The molecule has 4 N–H and O–H groups in total. The van der Waals surface area contributed by atoms with Crippen LogP contribution in [0.3, 0.4) is 0 Å². The molecule has 0 saturated carbocycles. The molecule has 0 spiro atoms.